The molecule has 0 aliphatic carbocycles. The number of hydrogen-bond acceptors (Lipinski definition) is 4. The second kappa shape index (κ2) is 10.8. The Morgan fingerprint density at radius 1 is 1.09 bits per heavy atom. The molecule has 1 saturated heterocycles. The Labute approximate surface area is 141 Å². The van der Waals surface area contributed by atoms with Gasteiger partial charge in [-0.25, -0.2) is 0 Å². The lowest BCUT2D eigenvalue weighted by atomic mass is 10.0. The Bertz CT molecular complexity index is 371. The molecule has 0 aromatic rings. The third-order valence-electron chi connectivity index (χ3n) is 4.54. The molecule has 0 saturated carbocycles. The minimum atomic E-state index is -0.609. The fourth-order valence-electron chi connectivity index (χ4n) is 3.16. The molecule has 1 unspecified atom stereocenters. The lowest BCUT2D eigenvalue weighted by Gasteiger charge is -2.27. The van der Waals surface area contributed by atoms with E-state index in [1.807, 2.05) is 13.8 Å². The van der Waals surface area contributed by atoms with E-state index in [0.717, 1.165) is 25.7 Å². The largest absolute Gasteiger partial charge is 0.320 e. The quantitative estimate of drug-likeness (QED) is 0.834. The summed E-state index contributed by atoms with van der Waals surface area (Å²) in [5.74, 6) is -0.170. The molecule has 5 heteroatoms. The summed E-state index contributed by atoms with van der Waals surface area (Å²) < 4.78 is 0. The van der Waals surface area contributed by atoms with Gasteiger partial charge in [0.2, 0.25) is 11.8 Å². The fraction of sp³-hybridized carbons (Fsp3) is 0.889. The third kappa shape index (κ3) is 7.44. The molecule has 1 fully saturated rings. The lowest BCUT2D eigenvalue weighted by Crippen LogP contribution is -2.52. The second-order valence-electron chi connectivity index (χ2n) is 7.29. The average molecular weight is 325 g/mol. The van der Waals surface area contributed by atoms with Crippen LogP contribution in [0, 0.1) is 5.92 Å². The van der Waals surface area contributed by atoms with Crippen molar-refractivity contribution < 1.29 is 9.59 Å². The van der Waals surface area contributed by atoms with Gasteiger partial charge in [0.1, 0.15) is 0 Å². The average Bonchev–Trinajstić information content (AvgIpc) is 2.51. The highest BCUT2D eigenvalue weighted by atomic mass is 16.2. The van der Waals surface area contributed by atoms with Crippen LogP contribution in [0.2, 0.25) is 0 Å². The Morgan fingerprint density at radius 3 is 2.17 bits per heavy atom. The van der Waals surface area contributed by atoms with Gasteiger partial charge in [0.25, 0.3) is 0 Å². The summed E-state index contributed by atoms with van der Waals surface area (Å²) >= 11 is 0. The van der Waals surface area contributed by atoms with Gasteiger partial charge in [-0.2, -0.15) is 0 Å². The minimum absolute atomic E-state index is 0.242. The first-order valence-corrected chi connectivity index (χ1v) is 9.30. The Kier molecular flexibility index (Phi) is 9.41. The summed E-state index contributed by atoms with van der Waals surface area (Å²) in [6, 6.07) is -1.19. The van der Waals surface area contributed by atoms with Gasteiger partial charge < -0.3 is 11.5 Å². The molecule has 1 heterocycles. The molecule has 5 nitrogen and oxygen atoms in total. The van der Waals surface area contributed by atoms with Gasteiger partial charge in [0.15, 0.2) is 0 Å². The van der Waals surface area contributed by atoms with Crippen LogP contribution in [0.5, 0.6) is 0 Å². The maximum absolute atomic E-state index is 12.6. The van der Waals surface area contributed by atoms with Crippen molar-refractivity contribution in [1.29, 1.82) is 0 Å². The van der Waals surface area contributed by atoms with Gasteiger partial charge in [-0.15, -0.1) is 0 Å². The van der Waals surface area contributed by atoms with Crippen molar-refractivity contribution in [3.63, 3.8) is 0 Å². The molecule has 2 atom stereocenters. The molecule has 0 aromatic heterocycles. The predicted molar refractivity (Wildman–Crippen MR) is 93.7 cm³/mol. The van der Waals surface area contributed by atoms with Crippen LogP contribution in [0.25, 0.3) is 0 Å². The molecule has 1 rings (SSSR count). The molecule has 1 aliphatic rings. The van der Waals surface area contributed by atoms with Crippen molar-refractivity contribution in [2.45, 2.75) is 90.1 Å². The van der Waals surface area contributed by atoms with E-state index in [-0.39, 0.29) is 11.8 Å². The Balaban J connectivity index is 2.75. The number of imide groups is 1. The molecule has 4 N–H and O–H groups in total. The highest BCUT2D eigenvalue weighted by Gasteiger charge is 2.29. The van der Waals surface area contributed by atoms with E-state index in [1.54, 1.807) is 0 Å². The molecule has 0 spiro atoms. The topological polar surface area (TPSA) is 89.4 Å². The molecule has 23 heavy (non-hydrogen) atoms. The molecule has 0 aromatic carbocycles. The summed E-state index contributed by atoms with van der Waals surface area (Å²) in [4.78, 5) is 26.5. The van der Waals surface area contributed by atoms with Crippen LogP contribution in [-0.2, 0) is 9.59 Å². The standard InChI is InChI=1S/C18H35N3O2/c1-14(2)13-16(20)18(23)21-12-10-8-6-4-3-5-7-9-11-15(19)17(21)22/h14-16H,3-13,19-20H2,1-2H3/t15?,16-/m0/s1. The zero-order valence-corrected chi connectivity index (χ0v) is 14.9. The van der Waals surface area contributed by atoms with E-state index in [1.165, 1.54) is 30.6 Å². The Morgan fingerprint density at radius 2 is 1.61 bits per heavy atom. The molecular weight excluding hydrogens is 290 g/mol. The van der Waals surface area contributed by atoms with E-state index in [0.29, 0.717) is 25.3 Å². The van der Waals surface area contributed by atoms with Crippen LogP contribution in [0.3, 0.4) is 0 Å². The van der Waals surface area contributed by atoms with E-state index in [9.17, 15) is 9.59 Å². The molecule has 2 amide bonds. The van der Waals surface area contributed by atoms with E-state index in [4.69, 9.17) is 11.5 Å². The van der Waals surface area contributed by atoms with Gasteiger partial charge in [0, 0.05) is 6.54 Å². The van der Waals surface area contributed by atoms with Crippen LogP contribution >= 0.6 is 0 Å². The molecular formula is C18H35N3O2. The van der Waals surface area contributed by atoms with Crippen LogP contribution in [0.4, 0.5) is 0 Å². The number of carbonyl (C=O) groups excluding carboxylic acids is 2. The highest BCUT2D eigenvalue weighted by molar-refractivity contribution is 5.99. The molecule has 0 radical (unpaired) electrons. The van der Waals surface area contributed by atoms with Gasteiger partial charge in [-0.05, 0) is 25.2 Å². The monoisotopic (exact) mass is 325 g/mol. The zero-order valence-electron chi connectivity index (χ0n) is 14.9. The van der Waals surface area contributed by atoms with Gasteiger partial charge in [-0.1, -0.05) is 58.8 Å². The first kappa shape index (κ1) is 20.1. The zero-order chi connectivity index (χ0) is 17.2. The predicted octanol–water partition coefficient (Wildman–Crippen LogP) is 2.57. The first-order valence-electron chi connectivity index (χ1n) is 9.30. The summed E-state index contributed by atoms with van der Waals surface area (Å²) in [6.45, 7) is 4.51. The van der Waals surface area contributed by atoms with Crippen molar-refractivity contribution >= 4 is 11.8 Å². The van der Waals surface area contributed by atoms with Crippen molar-refractivity contribution in [3.05, 3.63) is 0 Å². The van der Waals surface area contributed by atoms with Crippen molar-refractivity contribution in [3.8, 4) is 0 Å². The number of nitrogens with two attached hydrogens (primary N) is 2. The number of amides is 2. The highest BCUT2D eigenvalue weighted by Crippen LogP contribution is 2.15. The number of carbonyl (C=O) groups is 2. The van der Waals surface area contributed by atoms with E-state index < -0.39 is 12.1 Å². The van der Waals surface area contributed by atoms with E-state index in [2.05, 4.69) is 0 Å². The van der Waals surface area contributed by atoms with Gasteiger partial charge in [0.05, 0.1) is 12.1 Å². The summed E-state index contributed by atoms with van der Waals surface area (Å²) in [5.41, 5.74) is 12.1. The van der Waals surface area contributed by atoms with Crippen molar-refractivity contribution in [2.24, 2.45) is 17.4 Å². The van der Waals surface area contributed by atoms with Crippen LogP contribution in [0.15, 0.2) is 0 Å². The third-order valence-corrected chi connectivity index (χ3v) is 4.54. The van der Waals surface area contributed by atoms with Crippen LogP contribution in [0.1, 0.15) is 78.1 Å². The van der Waals surface area contributed by atoms with Crippen molar-refractivity contribution in [1.82, 2.24) is 4.90 Å². The minimum Gasteiger partial charge on any atom is -0.320 e. The normalized spacial score (nSPS) is 23.8. The molecule has 134 valence electrons. The van der Waals surface area contributed by atoms with Crippen molar-refractivity contribution in [2.75, 3.05) is 6.54 Å². The van der Waals surface area contributed by atoms with Crippen LogP contribution < -0.4 is 11.5 Å². The Hall–Kier alpha value is -0.940. The maximum Gasteiger partial charge on any atom is 0.246 e. The molecule has 0 bridgehead atoms. The number of nitrogens with zero attached hydrogens (tertiary/aromatic N) is 1. The SMILES string of the molecule is CC(C)C[C@H](N)C(=O)N1CCCCCCCCCCC(N)C1=O. The van der Waals surface area contributed by atoms with Crippen LogP contribution in [-0.4, -0.2) is 35.3 Å². The first-order chi connectivity index (χ1) is 10.9. The van der Waals surface area contributed by atoms with E-state index >= 15 is 0 Å². The smallest absolute Gasteiger partial charge is 0.246 e. The summed E-state index contributed by atoms with van der Waals surface area (Å²) in [6.07, 6.45) is 10.1. The van der Waals surface area contributed by atoms with Gasteiger partial charge in [-0.3, -0.25) is 14.5 Å². The number of hydrogen-bond donors (Lipinski definition) is 2. The fourth-order valence-corrected chi connectivity index (χ4v) is 3.16. The second-order valence-corrected chi connectivity index (χ2v) is 7.29. The summed E-state index contributed by atoms with van der Waals surface area (Å²) in [5, 5.41) is 0. The van der Waals surface area contributed by atoms with Gasteiger partial charge >= 0.3 is 0 Å². The lowest BCUT2D eigenvalue weighted by molar-refractivity contribution is -0.147. The maximum atomic E-state index is 12.6. The number of rotatable bonds is 3. The summed E-state index contributed by atoms with van der Waals surface area (Å²) in [7, 11) is 0. The molecule has 1 aliphatic heterocycles.